The normalized spacial score (nSPS) is 15.3. The molecular formula is C24H18ClN3O2. The first-order valence-electron chi connectivity index (χ1n) is 9.54. The lowest BCUT2D eigenvalue weighted by atomic mass is 9.96. The average Bonchev–Trinajstić information content (AvgIpc) is 3.34. The molecule has 5 rings (SSSR count). The van der Waals surface area contributed by atoms with Gasteiger partial charge < -0.3 is 4.74 Å². The topological polar surface area (TPSA) is 58.2 Å². The molecule has 0 radical (unpaired) electrons. The molecule has 0 aliphatic carbocycles. The standard InChI is InChI=1S/C24H18ClN3O2/c1-30-19-13-7-16(8-14-19)23-20-21(15-5-3-2-4-6-15)26-27-22(20)24(29)28(23)18-11-9-17(25)10-12-18/h2-14,23H,1H3,(H,26,27). The number of hydrogen-bond donors (Lipinski definition) is 1. The van der Waals surface area contributed by atoms with E-state index in [2.05, 4.69) is 10.2 Å². The number of halogens is 1. The fraction of sp³-hybridized carbons (Fsp3) is 0.0833. The molecule has 0 fully saturated rings. The minimum atomic E-state index is -0.325. The van der Waals surface area contributed by atoms with E-state index < -0.39 is 0 Å². The van der Waals surface area contributed by atoms with Crippen molar-refractivity contribution < 1.29 is 9.53 Å². The maximum atomic E-state index is 13.4. The number of amides is 1. The molecule has 1 aliphatic rings. The molecular weight excluding hydrogens is 398 g/mol. The zero-order valence-corrected chi connectivity index (χ0v) is 16.9. The number of nitrogens with zero attached hydrogens (tertiary/aromatic N) is 2. The average molecular weight is 416 g/mol. The van der Waals surface area contributed by atoms with Crippen LogP contribution in [0.1, 0.15) is 27.7 Å². The third-order valence-corrected chi connectivity index (χ3v) is 5.60. The van der Waals surface area contributed by atoms with Gasteiger partial charge in [-0.3, -0.25) is 14.8 Å². The van der Waals surface area contributed by atoms with Gasteiger partial charge in [-0.05, 0) is 42.0 Å². The summed E-state index contributed by atoms with van der Waals surface area (Å²) >= 11 is 6.08. The van der Waals surface area contributed by atoms with Crippen molar-refractivity contribution in [3.63, 3.8) is 0 Å². The highest BCUT2D eigenvalue weighted by Crippen LogP contribution is 2.45. The molecule has 1 aromatic heterocycles. The first kappa shape index (κ1) is 18.5. The van der Waals surface area contributed by atoms with E-state index >= 15 is 0 Å². The predicted octanol–water partition coefficient (Wildman–Crippen LogP) is 5.49. The Kier molecular flexibility index (Phi) is 4.52. The number of carbonyl (C=O) groups excluding carboxylic acids is 1. The molecule has 0 bridgehead atoms. The zero-order chi connectivity index (χ0) is 20.7. The Bertz CT molecular complexity index is 1200. The molecule has 6 heteroatoms. The lowest BCUT2D eigenvalue weighted by molar-refractivity contribution is 0.0989. The van der Waals surface area contributed by atoms with Crippen LogP contribution in [0.25, 0.3) is 11.3 Å². The zero-order valence-electron chi connectivity index (χ0n) is 16.2. The van der Waals surface area contributed by atoms with Crippen LogP contribution < -0.4 is 9.64 Å². The number of methoxy groups -OCH3 is 1. The van der Waals surface area contributed by atoms with E-state index in [9.17, 15) is 4.79 Å². The molecule has 4 aromatic rings. The van der Waals surface area contributed by atoms with Crippen molar-refractivity contribution in [2.24, 2.45) is 0 Å². The van der Waals surface area contributed by atoms with Gasteiger partial charge in [0.2, 0.25) is 0 Å². The highest BCUT2D eigenvalue weighted by molar-refractivity contribution is 6.30. The minimum Gasteiger partial charge on any atom is -0.497 e. The van der Waals surface area contributed by atoms with Gasteiger partial charge in [-0.15, -0.1) is 0 Å². The monoisotopic (exact) mass is 415 g/mol. The van der Waals surface area contributed by atoms with Crippen LogP contribution in [-0.2, 0) is 0 Å². The molecule has 1 N–H and O–H groups in total. The number of aromatic nitrogens is 2. The molecule has 3 aromatic carbocycles. The number of rotatable bonds is 4. The van der Waals surface area contributed by atoms with E-state index in [-0.39, 0.29) is 11.9 Å². The van der Waals surface area contributed by atoms with Crippen LogP contribution in [0.15, 0.2) is 78.9 Å². The van der Waals surface area contributed by atoms with E-state index in [0.29, 0.717) is 10.7 Å². The summed E-state index contributed by atoms with van der Waals surface area (Å²) in [6, 6.07) is 24.6. The molecule has 1 aliphatic heterocycles. The second kappa shape index (κ2) is 7.35. The van der Waals surface area contributed by atoms with Gasteiger partial charge in [-0.2, -0.15) is 5.10 Å². The number of ether oxygens (including phenoxy) is 1. The summed E-state index contributed by atoms with van der Waals surface area (Å²) in [7, 11) is 1.63. The Balaban J connectivity index is 1.70. The Morgan fingerprint density at radius 2 is 1.67 bits per heavy atom. The summed E-state index contributed by atoms with van der Waals surface area (Å²) in [4.78, 5) is 15.2. The summed E-state index contributed by atoms with van der Waals surface area (Å²) in [6.07, 6.45) is 0. The van der Waals surface area contributed by atoms with Crippen molar-refractivity contribution in [1.29, 1.82) is 0 Å². The van der Waals surface area contributed by atoms with Gasteiger partial charge in [0.05, 0.1) is 18.8 Å². The summed E-state index contributed by atoms with van der Waals surface area (Å²) in [5.74, 6) is 0.639. The van der Waals surface area contributed by atoms with E-state index in [1.54, 1.807) is 24.1 Å². The number of aromatic amines is 1. The van der Waals surface area contributed by atoms with Gasteiger partial charge >= 0.3 is 0 Å². The van der Waals surface area contributed by atoms with Crippen LogP contribution in [0.3, 0.4) is 0 Å². The molecule has 2 heterocycles. The van der Waals surface area contributed by atoms with Crippen molar-refractivity contribution in [2.45, 2.75) is 6.04 Å². The Labute approximate surface area is 178 Å². The molecule has 0 spiro atoms. The predicted molar refractivity (Wildman–Crippen MR) is 117 cm³/mol. The first-order valence-corrected chi connectivity index (χ1v) is 9.92. The summed E-state index contributed by atoms with van der Waals surface area (Å²) < 4.78 is 5.31. The van der Waals surface area contributed by atoms with Crippen molar-refractivity contribution in [2.75, 3.05) is 12.0 Å². The largest absolute Gasteiger partial charge is 0.497 e. The Morgan fingerprint density at radius 1 is 0.967 bits per heavy atom. The summed E-state index contributed by atoms with van der Waals surface area (Å²) in [6.45, 7) is 0. The van der Waals surface area contributed by atoms with Crippen molar-refractivity contribution in [1.82, 2.24) is 10.2 Å². The fourth-order valence-corrected chi connectivity index (χ4v) is 4.06. The van der Waals surface area contributed by atoms with Crippen LogP contribution in [0.4, 0.5) is 5.69 Å². The SMILES string of the molecule is COc1ccc(C2c3c(-c4ccccc4)n[nH]c3C(=O)N2c2ccc(Cl)cc2)cc1. The summed E-state index contributed by atoms with van der Waals surface area (Å²) in [5.41, 5.74) is 4.84. The second-order valence-corrected chi connectivity index (χ2v) is 7.49. The van der Waals surface area contributed by atoms with Crippen LogP contribution in [0.5, 0.6) is 5.75 Å². The summed E-state index contributed by atoms with van der Waals surface area (Å²) in [5, 5.41) is 8.09. The lowest BCUT2D eigenvalue weighted by Gasteiger charge is -2.26. The van der Waals surface area contributed by atoms with Gasteiger partial charge in [-0.1, -0.05) is 54.1 Å². The second-order valence-electron chi connectivity index (χ2n) is 7.05. The molecule has 0 saturated heterocycles. The lowest BCUT2D eigenvalue weighted by Crippen LogP contribution is -2.29. The fourth-order valence-electron chi connectivity index (χ4n) is 3.93. The highest BCUT2D eigenvalue weighted by atomic mass is 35.5. The number of hydrogen-bond acceptors (Lipinski definition) is 3. The molecule has 1 unspecified atom stereocenters. The van der Waals surface area contributed by atoms with Gasteiger partial charge in [-0.25, -0.2) is 0 Å². The Hall–Kier alpha value is -3.57. The van der Waals surface area contributed by atoms with E-state index in [0.717, 1.165) is 33.8 Å². The maximum Gasteiger partial charge on any atom is 0.277 e. The van der Waals surface area contributed by atoms with E-state index in [1.807, 2.05) is 66.7 Å². The van der Waals surface area contributed by atoms with Gasteiger partial charge in [0.15, 0.2) is 0 Å². The number of carbonyl (C=O) groups is 1. The van der Waals surface area contributed by atoms with Crippen LogP contribution in [0.2, 0.25) is 5.02 Å². The van der Waals surface area contributed by atoms with Crippen LogP contribution >= 0.6 is 11.6 Å². The first-order chi connectivity index (χ1) is 14.7. The number of H-pyrrole nitrogens is 1. The number of fused-ring (bicyclic) bond motifs is 1. The molecule has 148 valence electrons. The van der Waals surface area contributed by atoms with Crippen molar-refractivity contribution >= 4 is 23.2 Å². The number of benzene rings is 3. The van der Waals surface area contributed by atoms with Crippen LogP contribution in [-0.4, -0.2) is 23.2 Å². The van der Waals surface area contributed by atoms with Crippen molar-refractivity contribution in [3.8, 4) is 17.0 Å². The Morgan fingerprint density at radius 3 is 2.33 bits per heavy atom. The number of nitrogens with one attached hydrogen (secondary N) is 1. The molecule has 1 atom stereocenters. The number of anilines is 1. The van der Waals surface area contributed by atoms with E-state index in [1.165, 1.54) is 0 Å². The quantitative estimate of drug-likeness (QED) is 0.479. The molecule has 30 heavy (non-hydrogen) atoms. The third kappa shape index (κ3) is 2.95. The van der Waals surface area contributed by atoms with E-state index in [4.69, 9.17) is 16.3 Å². The van der Waals surface area contributed by atoms with Gasteiger partial charge in [0.1, 0.15) is 11.4 Å². The highest BCUT2D eigenvalue weighted by Gasteiger charge is 2.43. The third-order valence-electron chi connectivity index (χ3n) is 5.35. The van der Waals surface area contributed by atoms with Gasteiger partial charge in [0.25, 0.3) is 5.91 Å². The van der Waals surface area contributed by atoms with Crippen LogP contribution in [0, 0.1) is 0 Å². The minimum absolute atomic E-state index is 0.122. The molecule has 5 nitrogen and oxygen atoms in total. The van der Waals surface area contributed by atoms with Gasteiger partial charge in [0, 0.05) is 21.8 Å². The maximum absolute atomic E-state index is 13.4. The molecule has 0 saturated carbocycles. The smallest absolute Gasteiger partial charge is 0.277 e. The molecule has 1 amide bonds. The van der Waals surface area contributed by atoms with Crippen molar-refractivity contribution in [3.05, 3.63) is 101 Å².